The molecule has 3 nitrogen and oxygen atoms in total. The Morgan fingerprint density at radius 3 is 2.63 bits per heavy atom. The fourth-order valence-corrected chi connectivity index (χ4v) is 1.82. The molecule has 2 aromatic rings. The van der Waals surface area contributed by atoms with E-state index in [9.17, 15) is 4.79 Å². The van der Waals surface area contributed by atoms with Crippen molar-refractivity contribution in [3.63, 3.8) is 0 Å². The van der Waals surface area contributed by atoms with Crippen LogP contribution in [0.5, 0.6) is 11.5 Å². The summed E-state index contributed by atoms with van der Waals surface area (Å²) in [5, 5.41) is 9.51. The van der Waals surface area contributed by atoms with Crippen molar-refractivity contribution in [3.8, 4) is 11.5 Å². The van der Waals surface area contributed by atoms with Crippen LogP contribution in [0.4, 0.5) is 0 Å². The molecule has 0 aliphatic heterocycles. The van der Waals surface area contributed by atoms with Gasteiger partial charge in [-0.1, -0.05) is 35.9 Å². The Morgan fingerprint density at radius 1 is 1.21 bits per heavy atom. The van der Waals surface area contributed by atoms with Crippen molar-refractivity contribution in [2.24, 2.45) is 0 Å². The molecule has 2 rings (SSSR count). The molecule has 0 amide bonds. The molecular formula is C15H13ClO3. The van der Waals surface area contributed by atoms with Crippen LogP contribution >= 0.6 is 11.6 Å². The van der Waals surface area contributed by atoms with E-state index in [1.807, 2.05) is 12.1 Å². The van der Waals surface area contributed by atoms with Crippen molar-refractivity contribution >= 4 is 17.6 Å². The molecule has 4 heteroatoms. The lowest BCUT2D eigenvalue weighted by Crippen LogP contribution is -2.07. The summed E-state index contributed by atoms with van der Waals surface area (Å²) in [4.78, 5) is 11.0. The first-order valence-electron chi connectivity index (χ1n) is 5.83. The molecule has 0 fully saturated rings. The van der Waals surface area contributed by atoms with Crippen LogP contribution in [0, 0.1) is 0 Å². The largest absolute Gasteiger partial charge is 0.481 e. The lowest BCUT2D eigenvalue weighted by atomic mass is 10.0. The standard InChI is InChI=1S/C15H13ClO3/c1-10(15(17)18)11-5-4-6-12(9-11)19-14-8-3-2-7-13(14)16/h2-10H,1H3,(H,17,18). The van der Waals surface area contributed by atoms with Crippen LogP contribution in [-0.2, 0) is 4.79 Å². The van der Waals surface area contributed by atoms with Gasteiger partial charge >= 0.3 is 5.97 Å². The highest BCUT2D eigenvalue weighted by Gasteiger charge is 2.14. The van der Waals surface area contributed by atoms with Gasteiger partial charge in [0.1, 0.15) is 11.5 Å². The summed E-state index contributed by atoms with van der Waals surface area (Å²) in [5.74, 6) is -0.326. The third-order valence-corrected chi connectivity index (χ3v) is 3.11. The zero-order valence-electron chi connectivity index (χ0n) is 10.3. The smallest absolute Gasteiger partial charge is 0.310 e. The van der Waals surface area contributed by atoms with Crippen LogP contribution in [0.1, 0.15) is 18.4 Å². The quantitative estimate of drug-likeness (QED) is 0.904. The van der Waals surface area contributed by atoms with Crippen LogP contribution in [0.3, 0.4) is 0 Å². The van der Waals surface area contributed by atoms with Crippen molar-refractivity contribution in [1.29, 1.82) is 0 Å². The third kappa shape index (κ3) is 3.26. The van der Waals surface area contributed by atoms with Crippen molar-refractivity contribution < 1.29 is 14.6 Å². The fourth-order valence-electron chi connectivity index (χ4n) is 1.64. The number of halogens is 1. The molecule has 2 aromatic carbocycles. The summed E-state index contributed by atoms with van der Waals surface area (Å²) >= 11 is 6.01. The van der Waals surface area contributed by atoms with E-state index < -0.39 is 11.9 Å². The van der Waals surface area contributed by atoms with Gasteiger partial charge < -0.3 is 9.84 Å². The van der Waals surface area contributed by atoms with Crippen LogP contribution in [0.25, 0.3) is 0 Å². The Kier molecular flexibility index (Phi) is 4.07. The van der Waals surface area contributed by atoms with Gasteiger partial charge in [0.05, 0.1) is 10.9 Å². The number of benzene rings is 2. The van der Waals surface area contributed by atoms with Gasteiger partial charge in [-0.15, -0.1) is 0 Å². The Hall–Kier alpha value is -2.00. The summed E-state index contributed by atoms with van der Waals surface area (Å²) in [6.07, 6.45) is 0. The number of para-hydroxylation sites is 1. The average molecular weight is 277 g/mol. The molecule has 0 aliphatic carbocycles. The summed E-state index contributed by atoms with van der Waals surface area (Å²) < 4.78 is 5.65. The summed E-state index contributed by atoms with van der Waals surface area (Å²) in [7, 11) is 0. The molecule has 0 saturated carbocycles. The second-order valence-corrected chi connectivity index (χ2v) is 4.57. The molecule has 0 radical (unpaired) electrons. The first-order valence-corrected chi connectivity index (χ1v) is 6.21. The second kappa shape index (κ2) is 5.76. The van der Waals surface area contributed by atoms with Gasteiger partial charge in [-0.05, 0) is 36.8 Å². The van der Waals surface area contributed by atoms with E-state index >= 15 is 0 Å². The molecule has 0 spiro atoms. The Balaban J connectivity index is 2.25. The molecule has 19 heavy (non-hydrogen) atoms. The van der Waals surface area contributed by atoms with E-state index in [1.165, 1.54) is 0 Å². The van der Waals surface area contributed by atoms with Crippen LogP contribution < -0.4 is 4.74 Å². The SMILES string of the molecule is CC(C(=O)O)c1cccc(Oc2ccccc2Cl)c1. The highest BCUT2D eigenvalue weighted by molar-refractivity contribution is 6.32. The lowest BCUT2D eigenvalue weighted by molar-refractivity contribution is -0.138. The maximum Gasteiger partial charge on any atom is 0.310 e. The highest BCUT2D eigenvalue weighted by Crippen LogP contribution is 2.30. The molecule has 0 heterocycles. The predicted octanol–water partition coefficient (Wildman–Crippen LogP) is 4.32. The number of rotatable bonds is 4. The van der Waals surface area contributed by atoms with Gasteiger partial charge in [-0.25, -0.2) is 0 Å². The van der Waals surface area contributed by atoms with Crippen molar-refractivity contribution in [1.82, 2.24) is 0 Å². The molecular weight excluding hydrogens is 264 g/mol. The van der Waals surface area contributed by atoms with Crippen molar-refractivity contribution in [2.45, 2.75) is 12.8 Å². The van der Waals surface area contributed by atoms with Crippen LogP contribution in [0.2, 0.25) is 5.02 Å². The number of hydrogen-bond acceptors (Lipinski definition) is 2. The second-order valence-electron chi connectivity index (χ2n) is 4.16. The van der Waals surface area contributed by atoms with Gasteiger partial charge in [-0.2, -0.15) is 0 Å². The predicted molar refractivity (Wildman–Crippen MR) is 74.0 cm³/mol. The number of carboxylic acids is 1. The van der Waals surface area contributed by atoms with Crippen LogP contribution in [-0.4, -0.2) is 11.1 Å². The number of ether oxygens (including phenoxy) is 1. The van der Waals surface area contributed by atoms with Gasteiger partial charge in [0.2, 0.25) is 0 Å². The van der Waals surface area contributed by atoms with Crippen LogP contribution in [0.15, 0.2) is 48.5 Å². The fraction of sp³-hybridized carbons (Fsp3) is 0.133. The summed E-state index contributed by atoms with van der Waals surface area (Å²) in [5.41, 5.74) is 0.692. The molecule has 0 bridgehead atoms. The highest BCUT2D eigenvalue weighted by atomic mass is 35.5. The Labute approximate surface area is 116 Å². The topological polar surface area (TPSA) is 46.5 Å². The molecule has 0 saturated heterocycles. The zero-order chi connectivity index (χ0) is 13.8. The Bertz CT molecular complexity index is 595. The van der Waals surface area contributed by atoms with E-state index in [1.54, 1.807) is 43.3 Å². The van der Waals surface area contributed by atoms with Gasteiger partial charge in [-0.3, -0.25) is 4.79 Å². The lowest BCUT2D eigenvalue weighted by Gasteiger charge is -2.11. The molecule has 98 valence electrons. The summed E-state index contributed by atoms with van der Waals surface area (Å²) in [6, 6.07) is 14.1. The third-order valence-electron chi connectivity index (χ3n) is 2.79. The maximum atomic E-state index is 11.0. The molecule has 1 N–H and O–H groups in total. The minimum absolute atomic E-state index is 0.513. The first-order chi connectivity index (χ1) is 9.08. The monoisotopic (exact) mass is 276 g/mol. The maximum absolute atomic E-state index is 11.0. The Morgan fingerprint density at radius 2 is 1.95 bits per heavy atom. The minimum atomic E-state index is -0.866. The number of carbonyl (C=O) groups is 1. The number of carboxylic acid groups (broad SMARTS) is 1. The van der Waals surface area contributed by atoms with Crippen molar-refractivity contribution in [2.75, 3.05) is 0 Å². The average Bonchev–Trinajstić information content (AvgIpc) is 2.41. The van der Waals surface area contributed by atoms with E-state index in [-0.39, 0.29) is 0 Å². The van der Waals surface area contributed by atoms with E-state index in [2.05, 4.69) is 0 Å². The van der Waals surface area contributed by atoms with Gasteiger partial charge in [0.25, 0.3) is 0 Å². The molecule has 1 atom stereocenters. The number of aliphatic carboxylic acids is 1. The van der Waals surface area contributed by atoms with Gasteiger partial charge in [0.15, 0.2) is 0 Å². The molecule has 0 aliphatic rings. The summed E-state index contributed by atoms with van der Waals surface area (Å²) in [6.45, 7) is 1.64. The molecule has 1 unspecified atom stereocenters. The van der Waals surface area contributed by atoms with Gasteiger partial charge in [0, 0.05) is 0 Å². The normalized spacial score (nSPS) is 11.9. The first kappa shape index (κ1) is 13.4. The minimum Gasteiger partial charge on any atom is -0.481 e. The van der Waals surface area contributed by atoms with E-state index in [4.69, 9.17) is 21.4 Å². The van der Waals surface area contributed by atoms with E-state index in [0.29, 0.717) is 22.1 Å². The van der Waals surface area contributed by atoms with E-state index in [0.717, 1.165) is 0 Å². The zero-order valence-corrected chi connectivity index (χ0v) is 11.1. The number of hydrogen-bond donors (Lipinski definition) is 1. The van der Waals surface area contributed by atoms with Crippen molar-refractivity contribution in [3.05, 3.63) is 59.1 Å². The molecule has 0 aromatic heterocycles.